The normalized spacial score (nSPS) is 14.2. The minimum Gasteiger partial charge on any atom is -0.455 e. The van der Waals surface area contributed by atoms with E-state index in [1.165, 1.54) is 0 Å². The van der Waals surface area contributed by atoms with Gasteiger partial charge in [-0.05, 0) is 83.6 Å². The van der Waals surface area contributed by atoms with Crippen molar-refractivity contribution in [3.05, 3.63) is 182 Å². The second kappa shape index (κ2) is 11.1. The molecule has 1 nitrogen and oxygen atoms in total. The molecule has 0 aliphatic heterocycles. The molecule has 0 fully saturated rings. The van der Waals surface area contributed by atoms with Crippen molar-refractivity contribution in [1.29, 1.82) is 0 Å². The Labute approximate surface area is 297 Å². The van der Waals surface area contributed by atoms with E-state index in [-0.39, 0.29) is 22.7 Å². The smallest absolute Gasteiger partial charge is 0.143 e. The minimum absolute atomic E-state index is 0.0621. The lowest BCUT2D eigenvalue weighted by atomic mass is 9.83. The summed E-state index contributed by atoms with van der Waals surface area (Å²) in [4.78, 5) is 0. The van der Waals surface area contributed by atoms with Gasteiger partial charge >= 0.3 is 0 Å². The van der Waals surface area contributed by atoms with Crippen LogP contribution in [0.4, 0.5) is 0 Å². The van der Waals surface area contributed by atoms with E-state index in [9.17, 15) is 1.37 Å². The Kier molecular flexibility index (Phi) is 4.53. The highest BCUT2D eigenvalue weighted by molar-refractivity contribution is 6.23. The molecule has 0 saturated heterocycles. The lowest BCUT2D eigenvalue weighted by molar-refractivity contribution is 0.673. The van der Waals surface area contributed by atoms with Gasteiger partial charge in [0.05, 0.1) is 12.3 Å². The lowest BCUT2D eigenvalue weighted by Gasteiger charge is -2.20. The van der Waals surface area contributed by atoms with Crippen molar-refractivity contribution in [3.8, 4) is 44.5 Å². The van der Waals surface area contributed by atoms with Crippen LogP contribution in [-0.2, 0) is 0 Å². The van der Waals surface area contributed by atoms with Crippen molar-refractivity contribution in [2.75, 3.05) is 0 Å². The van der Waals surface area contributed by atoms with Gasteiger partial charge in [0.2, 0.25) is 0 Å². The largest absolute Gasteiger partial charge is 0.455 e. The van der Waals surface area contributed by atoms with E-state index >= 15 is 0 Å². The van der Waals surface area contributed by atoms with Crippen LogP contribution in [-0.4, -0.2) is 0 Å². The third-order valence-corrected chi connectivity index (χ3v) is 9.49. The summed E-state index contributed by atoms with van der Waals surface area (Å²) >= 11 is 0. The molecule has 49 heavy (non-hydrogen) atoms. The van der Waals surface area contributed by atoms with E-state index in [0.29, 0.717) is 16.3 Å². The van der Waals surface area contributed by atoms with Gasteiger partial charge in [-0.1, -0.05) is 170 Å². The van der Waals surface area contributed by atoms with Gasteiger partial charge in [-0.15, -0.1) is 0 Å². The van der Waals surface area contributed by atoms with Gasteiger partial charge < -0.3 is 4.42 Å². The molecule has 10 rings (SSSR count). The Hall–Kier alpha value is -6.44. The first kappa shape index (κ1) is 20.0. The molecule has 9 aromatic carbocycles. The average molecular weight is 632 g/mol. The first-order valence-corrected chi connectivity index (χ1v) is 16.1. The zero-order valence-corrected chi connectivity index (χ0v) is 26.0. The number of hydrogen-bond donors (Lipinski definition) is 0. The molecule has 1 aromatic heterocycles. The summed E-state index contributed by atoms with van der Waals surface area (Å²) in [6.07, 6.45) is 0. The van der Waals surface area contributed by atoms with Crippen molar-refractivity contribution in [3.63, 3.8) is 0 Å². The quantitative estimate of drug-likeness (QED) is 0.176. The van der Waals surface area contributed by atoms with E-state index in [4.69, 9.17) is 15.4 Å². The Morgan fingerprint density at radius 2 is 0.959 bits per heavy atom. The summed E-state index contributed by atoms with van der Waals surface area (Å²) in [5.41, 5.74) is 5.68. The summed E-state index contributed by atoms with van der Waals surface area (Å²) < 4.78 is 85.1. The number of benzene rings is 9. The molecule has 228 valence electrons. The van der Waals surface area contributed by atoms with Crippen LogP contribution in [0.3, 0.4) is 0 Å². The fraction of sp³-hybridized carbons (Fsp3) is 0. The highest BCUT2D eigenvalue weighted by atomic mass is 16.3. The van der Waals surface area contributed by atoms with Gasteiger partial charge in [0.1, 0.15) is 11.2 Å². The molecule has 10 aromatic rings. The van der Waals surface area contributed by atoms with E-state index < -0.39 is 48.3 Å². The standard InChI is InChI=1S/C48H30O/c1-2-13-31(14-3-1)35-16-6-7-18-38(35)46-41-21-10-8-19-39(41)45(40-20-9-11-22-42(40)46)34-27-25-33(26-28-34)36-23-12-24-44-47(36)43-30-29-32-15-4-5-17-37(32)48(43)49-44/h1-30H/i1D,2D,3D,6D,7D,13D,14D,16D,18D. The Bertz CT molecular complexity index is 3300. The van der Waals surface area contributed by atoms with E-state index in [1.54, 1.807) is 0 Å². The fourth-order valence-electron chi connectivity index (χ4n) is 7.38. The van der Waals surface area contributed by atoms with Gasteiger partial charge in [0.25, 0.3) is 0 Å². The molecule has 0 aliphatic carbocycles. The first-order chi connectivity index (χ1) is 28.1. The number of furan rings is 1. The van der Waals surface area contributed by atoms with Crippen molar-refractivity contribution >= 4 is 54.3 Å². The van der Waals surface area contributed by atoms with Gasteiger partial charge in [0.15, 0.2) is 0 Å². The Morgan fingerprint density at radius 1 is 0.367 bits per heavy atom. The molecule has 0 aliphatic rings. The first-order valence-electron chi connectivity index (χ1n) is 20.6. The third-order valence-electron chi connectivity index (χ3n) is 9.49. The van der Waals surface area contributed by atoms with E-state index in [1.807, 2.05) is 72.8 Å². The molecule has 0 unspecified atom stereocenters. The van der Waals surface area contributed by atoms with E-state index in [0.717, 1.165) is 65.7 Å². The molecular formula is C48H30O. The van der Waals surface area contributed by atoms with Crippen LogP contribution >= 0.6 is 0 Å². The van der Waals surface area contributed by atoms with Crippen LogP contribution < -0.4 is 0 Å². The zero-order chi connectivity index (χ0) is 40.1. The van der Waals surface area contributed by atoms with Crippen molar-refractivity contribution in [2.24, 2.45) is 0 Å². The summed E-state index contributed by atoms with van der Waals surface area (Å²) in [7, 11) is 0. The van der Waals surface area contributed by atoms with Crippen LogP contribution in [0.25, 0.3) is 98.8 Å². The summed E-state index contributed by atoms with van der Waals surface area (Å²) in [5, 5.41) is 7.26. The number of rotatable bonds is 4. The Balaban J connectivity index is 1.22. The molecule has 0 spiro atoms. The summed E-state index contributed by atoms with van der Waals surface area (Å²) in [6, 6.07) is 37.5. The minimum atomic E-state index is -0.589. The van der Waals surface area contributed by atoms with Crippen LogP contribution in [0, 0.1) is 0 Å². The van der Waals surface area contributed by atoms with Crippen LogP contribution in [0.5, 0.6) is 0 Å². The Morgan fingerprint density at radius 3 is 1.67 bits per heavy atom. The molecule has 0 atom stereocenters. The lowest BCUT2D eigenvalue weighted by Crippen LogP contribution is -1.92. The fourth-order valence-corrected chi connectivity index (χ4v) is 7.38. The number of fused-ring (bicyclic) bond motifs is 7. The molecule has 1 heteroatoms. The summed E-state index contributed by atoms with van der Waals surface area (Å²) in [5.74, 6) is 0. The molecule has 0 N–H and O–H groups in total. The maximum Gasteiger partial charge on any atom is 0.143 e. The molecule has 1 heterocycles. The van der Waals surface area contributed by atoms with Crippen LogP contribution in [0.15, 0.2) is 186 Å². The predicted octanol–water partition coefficient (Wildman–Crippen LogP) is 13.7. The predicted molar refractivity (Wildman–Crippen MR) is 208 cm³/mol. The van der Waals surface area contributed by atoms with Crippen molar-refractivity contribution in [2.45, 2.75) is 0 Å². The monoisotopic (exact) mass is 631 g/mol. The average Bonchev–Trinajstić information content (AvgIpc) is 3.65. The molecule has 0 amide bonds. The third kappa shape index (κ3) is 4.33. The summed E-state index contributed by atoms with van der Waals surface area (Å²) in [6.45, 7) is 0. The van der Waals surface area contributed by atoms with Crippen molar-refractivity contribution < 1.29 is 16.8 Å². The SMILES string of the molecule is [2H]c1c([2H])c([2H])c(-c2c([2H])c([2H])c([2H])c([2H])c2-c2c3ccccc3c(-c3ccc(-c4cccc5oc6c7ccccc7ccc6c45)cc3)c3ccccc23)c([2H])c1[2H]. The van der Waals surface area contributed by atoms with Crippen LogP contribution in [0.2, 0.25) is 0 Å². The maximum absolute atomic E-state index is 9.31. The van der Waals surface area contributed by atoms with E-state index in [2.05, 4.69) is 54.6 Å². The van der Waals surface area contributed by atoms with Gasteiger partial charge in [0, 0.05) is 16.2 Å². The maximum atomic E-state index is 9.31. The molecule has 0 saturated carbocycles. The topological polar surface area (TPSA) is 13.1 Å². The van der Waals surface area contributed by atoms with Gasteiger partial charge in [-0.3, -0.25) is 0 Å². The highest BCUT2D eigenvalue weighted by Gasteiger charge is 2.19. The van der Waals surface area contributed by atoms with Gasteiger partial charge in [-0.25, -0.2) is 0 Å². The zero-order valence-electron chi connectivity index (χ0n) is 35.0. The molecule has 0 bridgehead atoms. The second-order valence-electron chi connectivity index (χ2n) is 12.1. The number of hydrogen-bond acceptors (Lipinski definition) is 1. The molecular weight excluding hydrogens is 593 g/mol. The highest BCUT2D eigenvalue weighted by Crippen LogP contribution is 2.46. The second-order valence-corrected chi connectivity index (χ2v) is 12.1. The molecule has 0 radical (unpaired) electrons. The van der Waals surface area contributed by atoms with Crippen molar-refractivity contribution in [1.82, 2.24) is 0 Å². The van der Waals surface area contributed by atoms with Gasteiger partial charge in [-0.2, -0.15) is 0 Å². The van der Waals surface area contributed by atoms with Crippen LogP contribution in [0.1, 0.15) is 12.3 Å².